The normalized spacial score (nSPS) is 13.9. The summed E-state index contributed by atoms with van der Waals surface area (Å²) < 4.78 is 41.7. The number of rotatable bonds is 6. The first-order chi connectivity index (χ1) is 20.0. The van der Waals surface area contributed by atoms with Crippen molar-refractivity contribution in [2.75, 3.05) is 36.4 Å². The fraction of sp³-hybridized carbons (Fsp3) is 0.296. The molecule has 0 unspecified atom stereocenters. The third kappa shape index (κ3) is 5.68. The lowest BCUT2D eigenvalue weighted by Crippen LogP contribution is -2.50. The number of imidazole rings is 1. The molecule has 0 atom stereocenters. The maximum Gasteiger partial charge on any atom is 0.416 e. The van der Waals surface area contributed by atoms with Crippen LogP contribution in [0.3, 0.4) is 0 Å². The number of carbonyl (C=O) groups is 2. The fourth-order valence-electron chi connectivity index (χ4n) is 4.80. The molecule has 1 aliphatic rings. The molecule has 0 saturated carbocycles. The van der Waals surface area contributed by atoms with Crippen molar-refractivity contribution in [1.29, 1.82) is 0 Å². The Labute approximate surface area is 245 Å². The van der Waals surface area contributed by atoms with E-state index >= 15 is 0 Å². The Balaban J connectivity index is 1.35. The highest BCUT2D eigenvalue weighted by molar-refractivity contribution is 9.10. The zero-order valence-corrected chi connectivity index (χ0v) is 23.8. The van der Waals surface area contributed by atoms with Crippen molar-refractivity contribution in [2.24, 2.45) is 0 Å². The molecule has 1 saturated heterocycles. The second kappa shape index (κ2) is 11.5. The summed E-state index contributed by atoms with van der Waals surface area (Å²) in [5, 5.41) is 12.6. The Morgan fingerprint density at radius 1 is 1.10 bits per heavy atom. The van der Waals surface area contributed by atoms with Crippen molar-refractivity contribution < 1.29 is 27.9 Å². The lowest BCUT2D eigenvalue weighted by Gasteiger charge is -2.36. The van der Waals surface area contributed by atoms with Gasteiger partial charge in [0.15, 0.2) is 5.69 Å². The van der Waals surface area contributed by atoms with E-state index in [9.17, 15) is 32.7 Å². The third-order valence-electron chi connectivity index (χ3n) is 6.86. The van der Waals surface area contributed by atoms with Gasteiger partial charge < -0.3 is 24.8 Å². The number of hydrogen-bond donors (Lipinski definition) is 2. The van der Waals surface area contributed by atoms with Gasteiger partial charge in [-0.05, 0) is 58.7 Å². The van der Waals surface area contributed by atoms with Gasteiger partial charge in [-0.3, -0.25) is 14.4 Å². The molecular formula is C27H25BrF3N7O4. The van der Waals surface area contributed by atoms with Crippen molar-refractivity contribution in [3.8, 4) is 5.75 Å². The number of fused-ring (bicyclic) bond motifs is 1. The minimum atomic E-state index is -4.48. The molecular weight excluding hydrogens is 623 g/mol. The molecule has 0 aliphatic carbocycles. The van der Waals surface area contributed by atoms with Crippen molar-refractivity contribution in [3.63, 3.8) is 0 Å². The van der Waals surface area contributed by atoms with Crippen molar-refractivity contribution >= 4 is 44.9 Å². The summed E-state index contributed by atoms with van der Waals surface area (Å²) >= 11 is 3.38. The van der Waals surface area contributed by atoms with E-state index in [0.29, 0.717) is 48.6 Å². The molecule has 4 aromatic rings. The summed E-state index contributed by atoms with van der Waals surface area (Å²) in [5.74, 6) is -0.901. The average molecular weight is 648 g/mol. The molecule has 15 heteroatoms. The first-order valence-electron chi connectivity index (χ1n) is 12.9. The molecule has 2 N–H and O–H groups in total. The van der Waals surface area contributed by atoms with Gasteiger partial charge in [0.2, 0.25) is 11.7 Å². The van der Waals surface area contributed by atoms with Gasteiger partial charge >= 0.3 is 6.18 Å². The first-order valence-corrected chi connectivity index (χ1v) is 13.7. The Hall–Kier alpha value is -4.40. The number of piperazine rings is 1. The number of nitrogens with one attached hydrogen (secondary N) is 1. The molecule has 3 aromatic heterocycles. The number of amides is 2. The molecule has 4 heterocycles. The van der Waals surface area contributed by atoms with Crippen LogP contribution in [0, 0.1) is 0 Å². The largest absolute Gasteiger partial charge is 0.505 e. The molecule has 0 bridgehead atoms. The summed E-state index contributed by atoms with van der Waals surface area (Å²) in [4.78, 5) is 51.4. The Morgan fingerprint density at radius 3 is 2.40 bits per heavy atom. The summed E-state index contributed by atoms with van der Waals surface area (Å²) in [6.07, 6.45) is -1.10. The van der Waals surface area contributed by atoms with Crippen LogP contribution >= 0.6 is 15.9 Å². The SMILES string of the molecule is CCc1nc2n(CC(=O)Nc3ccc(C(F)(F)F)cc3)cc(Br)n2c(=O)c1N1CCN(C(=O)c2ncccc2O)CC1. The number of anilines is 2. The Kier molecular flexibility index (Phi) is 7.95. The Morgan fingerprint density at radius 2 is 1.79 bits per heavy atom. The lowest BCUT2D eigenvalue weighted by molar-refractivity contribution is -0.137. The maximum absolute atomic E-state index is 13.7. The lowest BCUT2D eigenvalue weighted by atomic mass is 10.2. The smallest absolute Gasteiger partial charge is 0.416 e. The van der Waals surface area contributed by atoms with Crippen LogP contribution in [0.1, 0.15) is 28.7 Å². The maximum atomic E-state index is 13.7. The molecule has 1 aromatic carbocycles. The molecule has 0 radical (unpaired) electrons. The summed E-state index contributed by atoms with van der Waals surface area (Å²) in [6.45, 7) is 2.91. The van der Waals surface area contributed by atoms with Crippen LogP contribution in [0.25, 0.3) is 5.78 Å². The van der Waals surface area contributed by atoms with Crippen LogP contribution in [0.4, 0.5) is 24.5 Å². The highest BCUT2D eigenvalue weighted by Gasteiger charge is 2.30. The fourth-order valence-corrected chi connectivity index (χ4v) is 5.36. The predicted octanol–water partition coefficient (Wildman–Crippen LogP) is 3.54. The standard InChI is InChI=1S/C27H25BrF3N7O4/c1-2-18-23(35-10-12-36(13-11-35)24(41)22-19(39)4-3-9-32-22)25(42)38-20(28)14-37(26(38)34-18)15-21(40)33-17-7-5-16(6-8-17)27(29,30)31/h3-9,14,39H,2,10-13,15H2,1H3,(H,33,40). The topological polar surface area (TPSA) is 125 Å². The van der Waals surface area contributed by atoms with E-state index in [1.165, 1.54) is 45.6 Å². The Bertz CT molecular complexity index is 1710. The number of aryl methyl sites for hydroxylation is 1. The van der Waals surface area contributed by atoms with Gasteiger partial charge in [0, 0.05) is 44.3 Å². The van der Waals surface area contributed by atoms with Crippen LogP contribution in [-0.4, -0.2) is 66.9 Å². The second-order valence-corrected chi connectivity index (χ2v) is 10.4. The van der Waals surface area contributed by atoms with Gasteiger partial charge in [0.1, 0.15) is 22.6 Å². The van der Waals surface area contributed by atoms with Gasteiger partial charge in [-0.15, -0.1) is 0 Å². The zero-order valence-electron chi connectivity index (χ0n) is 22.2. The average Bonchev–Trinajstić information content (AvgIpc) is 3.27. The zero-order chi connectivity index (χ0) is 30.2. The van der Waals surface area contributed by atoms with Crippen LogP contribution in [0.15, 0.2) is 58.2 Å². The van der Waals surface area contributed by atoms with Crippen molar-refractivity contribution in [3.05, 3.63) is 80.7 Å². The van der Waals surface area contributed by atoms with Crippen LogP contribution < -0.4 is 15.8 Å². The highest BCUT2D eigenvalue weighted by Crippen LogP contribution is 2.30. The predicted molar refractivity (Wildman–Crippen MR) is 151 cm³/mol. The third-order valence-corrected chi connectivity index (χ3v) is 7.42. The van der Waals surface area contributed by atoms with Gasteiger partial charge in [-0.2, -0.15) is 13.2 Å². The quantitative estimate of drug-likeness (QED) is 0.328. The molecule has 220 valence electrons. The van der Waals surface area contributed by atoms with E-state index in [4.69, 9.17) is 0 Å². The van der Waals surface area contributed by atoms with E-state index in [0.717, 1.165) is 12.1 Å². The van der Waals surface area contributed by atoms with Gasteiger partial charge in [-0.25, -0.2) is 14.4 Å². The number of benzene rings is 1. The van der Waals surface area contributed by atoms with Gasteiger partial charge in [-0.1, -0.05) is 6.92 Å². The molecule has 11 nitrogen and oxygen atoms in total. The number of halogens is 4. The number of alkyl halides is 3. The minimum absolute atomic E-state index is 0.0315. The summed E-state index contributed by atoms with van der Waals surface area (Å²) in [6, 6.07) is 7.03. The van der Waals surface area contributed by atoms with Crippen LogP contribution in [0.2, 0.25) is 0 Å². The van der Waals surface area contributed by atoms with E-state index in [1.807, 2.05) is 11.8 Å². The minimum Gasteiger partial charge on any atom is -0.505 e. The monoisotopic (exact) mass is 647 g/mol. The van der Waals surface area contributed by atoms with Gasteiger partial charge in [0.25, 0.3) is 11.5 Å². The number of hydrogen-bond acceptors (Lipinski definition) is 7. The van der Waals surface area contributed by atoms with Crippen molar-refractivity contribution in [2.45, 2.75) is 26.1 Å². The highest BCUT2D eigenvalue weighted by atomic mass is 79.9. The summed E-state index contributed by atoms with van der Waals surface area (Å²) in [5.41, 5.74) is -0.120. The van der Waals surface area contributed by atoms with Gasteiger partial charge in [0.05, 0.1) is 11.3 Å². The number of pyridine rings is 1. The molecule has 42 heavy (non-hydrogen) atoms. The first kappa shape index (κ1) is 29.1. The van der Waals surface area contributed by atoms with Crippen LogP contribution in [0.5, 0.6) is 5.75 Å². The number of nitrogens with zero attached hydrogens (tertiary/aromatic N) is 6. The van der Waals surface area contributed by atoms with Crippen LogP contribution in [-0.2, 0) is 23.9 Å². The molecule has 5 rings (SSSR count). The van der Waals surface area contributed by atoms with E-state index < -0.39 is 23.6 Å². The second-order valence-electron chi connectivity index (χ2n) is 9.55. The van der Waals surface area contributed by atoms with E-state index in [2.05, 4.69) is 31.2 Å². The number of aromatic hydroxyl groups is 1. The molecule has 1 aliphatic heterocycles. The van der Waals surface area contributed by atoms with E-state index in [1.54, 1.807) is 4.90 Å². The molecule has 1 fully saturated rings. The number of carbonyl (C=O) groups excluding carboxylic acids is 2. The summed E-state index contributed by atoms with van der Waals surface area (Å²) in [7, 11) is 0. The number of aromatic nitrogens is 4. The molecule has 2 amide bonds. The van der Waals surface area contributed by atoms with E-state index in [-0.39, 0.29) is 35.0 Å². The van der Waals surface area contributed by atoms with Crippen molar-refractivity contribution in [1.82, 2.24) is 23.8 Å². The molecule has 0 spiro atoms.